The summed E-state index contributed by atoms with van der Waals surface area (Å²) < 4.78 is 0. The van der Waals surface area contributed by atoms with Crippen LogP contribution in [0.2, 0.25) is 0 Å². The molecule has 16 heavy (non-hydrogen) atoms. The second kappa shape index (κ2) is 3.81. The molecule has 0 aliphatic carbocycles. The minimum Gasteiger partial charge on any atom is -0.398 e. The Bertz CT molecular complexity index is 503. The van der Waals surface area contributed by atoms with Gasteiger partial charge in [-0.15, -0.1) is 0 Å². The second-order valence-corrected chi connectivity index (χ2v) is 3.68. The van der Waals surface area contributed by atoms with Crippen molar-refractivity contribution < 1.29 is 4.79 Å². The highest BCUT2D eigenvalue weighted by Crippen LogP contribution is 2.19. The Labute approximate surface area is 94.1 Å². The van der Waals surface area contributed by atoms with Gasteiger partial charge in [-0.2, -0.15) is 0 Å². The molecule has 2 rings (SSSR count). The molecule has 0 bridgehead atoms. The number of hydrogen-bond acceptors (Lipinski definition) is 3. The van der Waals surface area contributed by atoms with Crippen molar-refractivity contribution >= 4 is 23.5 Å². The lowest BCUT2D eigenvalue weighted by Crippen LogP contribution is -2.25. The fourth-order valence-corrected chi connectivity index (χ4v) is 1.50. The first-order chi connectivity index (χ1) is 7.59. The Kier molecular flexibility index (Phi) is 2.48. The largest absolute Gasteiger partial charge is 0.398 e. The Morgan fingerprint density at radius 2 is 2.06 bits per heavy atom. The molecular formula is C12H13N3O. The molecule has 0 unspecified atom stereocenters. The van der Waals surface area contributed by atoms with Gasteiger partial charge in [-0.25, -0.2) is 4.99 Å². The normalized spacial score (nSPS) is 18.1. The summed E-state index contributed by atoms with van der Waals surface area (Å²) >= 11 is 0. The molecule has 0 radical (unpaired) electrons. The molecule has 1 aliphatic heterocycles. The third kappa shape index (κ3) is 1.69. The van der Waals surface area contributed by atoms with Gasteiger partial charge in [0, 0.05) is 12.7 Å². The van der Waals surface area contributed by atoms with Crippen molar-refractivity contribution in [3.05, 3.63) is 35.5 Å². The maximum Gasteiger partial charge on any atom is 0.277 e. The van der Waals surface area contributed by atoms with Gasteiger partial charge in [0.2, 0.25) is 0 Å². The molecule has 1 amide bonds. The zero-order chi connectivity index (χ0) is 11.7. The van der Waals surface area contributed by atoms with Crippen LogP contribution in [-0.2, 0) is 4.79 Å². The summed E-state index contributed by atoms with van der Waals surface area (Å²) in [5.74, 6) is 0.603. The number of para-hydroxylation sites is 1. The average molecular weight is 215 g/mol. The maximum absolute atomic E-state index is 11.7. The number of carbonyl (C=O) groups is 1. The molecule has 1 aromatic carbocycles. The van der Waals surface area contributed by atoms with E-state index in [9.17, 15) is 4.79 Å². The first-order valence-electron chi connectivity index (χ1n) is 4.99. The Balaban J connectivity index is 2.41. The molecule has 0 saturated heterocycles. The maximum atomic E-state index is 11.7. The first kappa shape index (κ1) is 10.4. The minimum absolute atomic E-state index is 0.0965. The number of amidine groups is 1. The van der Waals surface area contributed by atoms with Crippen LogP contribution in [0.25, 0.3) is 6.08 Å². The van der Waals surface area contributed by atoms with E-state index in [0.717, 1.165) is 5.56 Å². The SMILES string of the molecule is CC1=NC(=Cc2ccccc2N)C(=O)N1C. The van der Waals surface area contributed by atoms with E-state index in [1.807, 2.05) is 18.2 Å². The van der Waals surface area contributed by atoms with E-state index < -0.39 is 0 Å². The lowest BCUT2D eigenvalue weighted by atomic mass is 10.1. The molecule has 1 aromatic rings. The van der Waals surface area contributed by atoms with Crippen LogP contribution in [0.15, 0.2) is 35.0 Å². The second-order valence-electron chi connectivity index (χ2n) is 3.68. The number of hydrogen-bond donors (Lipinski definition) is 1. The molecule has 0 atom stereocenters. The fourth-order valence-electron chi connectivity index (χ4n) is 1.50. The van der Waals surface area contributed by atoms with Gasteiger partial charge in [-0.1, -0.05) is 18.2 Å². The Hall–Kier alpha value is -2.10. The van der Waals surface area contributed by atoms with Gasteiger partial charge in [-0.3, -0.25) is 9.69 Å². The molecule has 0 saturated carbocycles. The number of rotatable bonds is 1. The summed E-state index contributed by atoms with van der Waals surface area (Å²) in [5.41, 5.74) is 7.69. The Morgan fingerprint density at radius 1 is 1.38 bits per heavy atom. The van der Waals surface area contributed by atoms with E-state index in [4.69, 9.17) is 5.73 Å². The molecular weight excluding hydrogens is 202 g/mol. The van der Waals surface area contributed by atoms with Crippen LogP contribution in [0.4, 0.5) is 5.69 Å². The van der Waals surface area contributed by atoms with E-state index in [1.54, 1.807) is 26.1 Å². The smallest absolute Gasteiger partial charge is 0.277 e. The van der Waals surface area contributed by atoms with E-state index >= 15 is 0 Å². The van der Waals surface area contributed by atoms with Crippen LogP contribution < -0.4 is 5.73 Å². The van der Waals surface area contributed by atoms with Gasteiger partial charge in [0.05, 0.1) is 0 Å². The summed E-state index contributed by atoms with van der Waals surface area (Å²) in [6.07, 6.45) is 1.71. The number of nitrogen functional groups attached to an aromatic ring is 1. The van der Waals surface area contributed by atoms with Gasteiger partial charge in [0.1, 0.15) is 11.5 Å². The third-order valence-corrected chi connectivity index (χ3v) is 2.58. The Morgan fingerprint density at radius 3 is 2.62 bits per heavy atom. The van der Waals surface area contributed by atoms with Crippen molar-refractivity contribution in [1.29, 1.82) is 0 Å². The van der Waals surface area contributed by atoms with Gasteiger partial charge < -0.3 is 5.73 Å². The fraction of sp³-hybridized carbons (Fsp3) is 0.167. The average Bonchev–Trinajstić information content (AvgIpc) is 2.50. The van der Waals surface area contributed by atoms with Crippen LogP contribution >= 0.6 is 0 Å². The number of carbonyl (C=O) groups excluding carboxylic acids is 1. The van der Waals surface area contributed by atoms with Crippen LogP contribution in [0.5, 0.6) is 0 Å². The predicted octanol–water partition coefficient (Wildman–Crippen LogP) is 1.50. The van der Waals surface area contributed by atoms with Crippen LogP contribution in [0, 0.1) is 0 Å². The summed E-state index contributed by atoms with van der Waals surface area (Å²) in [5, 5.41) is 0. The zero-order valence-electron chi connectivity index (χ0n) is 9.27. The number of likely N-dealkylation sites (N-methyl/N-ethyl adjacent to an activating group) is 1. The molecule has 1 aliphatic rings. The highest BCUT2D eigenvalue weighted by Gasteiger charge is 2.23. The van der Waals surface area contributed by atoms with Crippen LogP contribution in [0.3, 0.4) is 0 Å². The van der Waals surface area contributed by atoms with Gasteiger partial charge in [0.15, 0.2) is 0 Å². The van der Waals surface area contributed by atoms with Crippen molar-refractivity contribution in [3.63, 3.8) is 0 Å². The molecule has 0 aromatic heterocycles. The van der Waals surface area contributed by atoms with Gasteiger partial charge in [0.25, 0.3) is 5.91 Å². The van der Waals surface area contributed by atoms with Crippen LogP contribution in [-0.4, -0.2) is 23.7 Å². The standard InChI is InChI=1S/C12H13N3O/c1-8-14-11(12(16)15(8)2)7-9-5-3-4-6-10(9)13/h3-7H,13H2,1-2H3. The summed E-state index contributed by atoms with van der Waals surface area (Å²) in [6.45, 7) is 1.80. The first-order valence-corrected chi connectivity index (χ1v) is 4.99. The number of anilines is 1. The monoisotopic (exact) mass is 215 g/mol. The van der Waals surface area contributed by atoms with Crippen molar-refractivity contribution in [2.45, 2.75) is 6.92 Å². The van der Waals surface area contributed by atoms with Crippen molar-refractivity contribution in [2.75, 3.05) is 12.8 Å². The molecule has 4 nitrogen and oxygen atoms in total. The topological polar surface area (TPSA) is 58.7 Å². The number of benzene rings is 1. The quantitative estimate of drug-likeness (QED) is 0.570. The molecule has 1 heterocycles. The number of amides is 1. The van der Waals surface area contributed by atoms with Crippen molar-refractivity contribution in [1.82, 2.24) is 4.90 Å². The molecule has 0 fully saturated rings. The minimum atomic E-state index is -0.0965. The summed E-state index contributed by atoms with van der Waals surface area (Å²) in [6, 6.07) is 7.39. The number of nitrogens with zero attached hydrogens (tertiary/aromatic N) is 2. The zero-order valence-corrected chi connectivity index (χ0v) is 9.27. The van der Waals surface area contributed by atoms with E-state index in [1.165, 1.54) is 4.90 Å². The molecule has 0 spiro atoms. The molecule has 2 N–H and O–H groups in total. The van der Waals surface area contributed by atoms with Crippen LogP contribution in [0.1, 0.15) is 12.5 Å². The number of nitrogens with two attached hydrogens (primary N) is 1. The summed E-state index contributed by atoms with van der Waals surface area (Å²) in [7, 11) is 1.70. The highest BCUT2D eigenvalue weighted by molar-refractivity contribution is 6.13. The number of aliphatic imine (C=N–C) groups is 1. The van der Waals surface area contributed by atoms with Gasteiger partial charge >= 0.3 is 0 Å². The lowest BCUT2D eigenvalue weighted by Gasteiger charge is -2.06. The van der Waals surface area contributed by atoms with Crippen molar-refractivity contribution in [2.24, 2.45) is 4.99 Å². The van der Waals surface area contributed by atoms with Crippen molar-refractivity contribution in [3.8, 4) is 0 Å². The van der Waals surface area contributed by atoms with E-state index in [2.05, 4.69) is 4.99 Å². The highest BCUT2D eigenvalue weighted by atomic mass is 16.2. The molecule has 4 heteroatoms. The van der Waals surface area contributed by atoms with E-state index in [0.29, 0.717) is 17.2 Å². The summed E-state index contributed by atoms with van der Waals surface area (Å²) in [4.78, 5) is 17.4. The lowest BCUT2D eigenvalue weighted by molar-refractivity contribution is -0.121. The predicted molar refractivity (Wildman–Crippen MR) is 64.7 cm³/mol. The third-order valence-electron chi connectivity index (χ3n) is 2.58. The molecule has 82 valence electrons. The van der Waals surface area contributed by atoms with E-state index in [-0.39, 0.29) is 5.91 Å². The van der Waals surface area contributed by atoms with Gasteiger partial charge in [-0.05, 0) is 24.6 Å².